The van der Waals surface area contributed by atoms with Gasteiger partial charge in [-0.05, 0) is 60.3 Å². The average molecular weight is 566 g/mol. The maximum absolute atomic E-state index is 13.6. The first kappa shape index (κ1) is 29.9. The van der Waals surface area contributed by atoms with Crippen LogP contribution in [0.5, 0.6) is 5.75 Å². The highest BCUT2D eigenvalue weighted by Crippen LogP contribution is 2.34. The first-order valence-corrected chi connectivity index (χ1v) is 13.8. The summed E-state index contributed by atoms with van der Waals surface area (Å²) in [4.78, 5) is 62.2. The predicted molar refractivity (Wildman–Crippen MR) is 148 cm³/mol. The fourth-order valence-electron chi connectivity index (χ4n) is 5.44. The molecule has 0 spiro atoms. The molecule has 0 saturated carbocycles. The molecule has 0 aromatic heterocycles. The molecule has 4 rings (SSSR count). The lowest BCUT2D eigenvalue weighted by atomic mass is 9.83. The monoisotopic (exact) mass is 565 g/mol. The molecule has 2 aromatic rings. The number of nitro benzene ring substituents is 1. The van der Waals surface area contributed by atoms with Crippen LogP contribution >= 0.6 is 0 Å². The zero-order chi connectivity index (χ0) is 29.8. The summed E-state index contributed by atoms with van der Waals surface area (Å²) >= 11 is 0. The molecule has 1 unspecified atom stereocenters. The molecule has 11 heteroatoms. The fraction of sp³-hybridized carbons (Fsp3) is 0.467. The first-order chi connectivity index (χ1) is 19.4. The number of phenols is 1. The summed E-state index contributed by atoms with van der Waals surface area (Å²) < 4.78 is 5.34. The fourth-order valence-corrected chi connectivity index (χ4v) is 5.44. The van der Waals surface area contributed by atoms with Gasteiger partial charge in [-0.3, -0.25) is 29.3 Å². The van der Waals surface area contributed by atoms with Gasteiger partial charge in [-0.2, -0.15) is 0 Å². The highest BCUT2D eigenvalue weighted by Gasteiger charge is 2.50. The molecule has 1 saturated heterocycles. The molecule has 41 heavy (non-hydrogen) atoms. The third kappa shape index (κ3) is 7.35. The third-order valence-corrected chi connectivity index (χ3v) is 7.86. The number of benzene rings is 2. The second-order valence-electron chi connectivity index (χ2n) is 11.3. The smallest absolute Gasteiger partial charge is 0.310 e. The number of ketones is 2. The summed E-state index contributed by atoms with van der Waals surface area (Å²) in [6.45, 7) is 3.97. The van der Waals surface area contributed by atoms with Crippen LogP contribution in [0.3, 0.4) is 0 Å². The number of fused-ring (bicyclic) bond motifs is 1. The van der Waals surface area contributed by atoms with Crippen molar-refractivity contribution in [1.82, 2.24) is 5.32 Å². The van der Waals surface area contributed by atoms with E-state index in [1.807, 2.05) is 38.1 Å². The van der Waals surface area contributed by atoms with Crippen molar-refractivity contribution < 1.29 is 33.9 Å². The number of ether oxygens (including phenoxy) is 1. The molecule has 1 aliphatic carbocycles. The summed E-state index contributed by atoms with van der Waals surface area (Å²) in [5.41, 5.74) is 7.71. The molecule has 2 aromatic carbocycles. The molecule has 2 amide bonds. The normalized spacial score (nSPS) is 19.3. The molecule has 218 valence electrons. The van der Waals surface area contributed by atoms with Crippen LogP contribution in [0.15, 0.2) is 42.5 Å². The van der Waals surface area contributed by atoms with Crippen LogP contribution in [0, 0.1) is 27.9 Å². The van der Waals surface area contributed by atoms with Crippen molar-refractivity contribution in [3.05, 3.63) is 69.3 Å². The number of Topliss-reactive ketones (excluding diaryl/α,β-unsaturated/α-hetero) is 2. The van der Waals surface area contributed by atoms with Crippen molar-refractivity contribution in [2.24, 2.45) is 23.5 Å². The Labute approximate surface area is 237 Å². The van der Waals surface area contributed by atoms with Crippen LogP contribution in [0.25, 0.3) is 0 Å². The summed E-state index contributed by atoms with van der Waals surface area (Å²) in [7, 11) is 0. The van der Waals surface area contributed by atoms with E-state index in [0.717, 1.165) is 23.3 Å². The number of epoxide rings is 1. The number of nitrogens with one attached hydrogen (secondary N) is 1. The molecular formula is C30H35N3O8. The quantitative estimate of drug-likeness (QED) is 0.177. The Bertz CT molecular complexity index is 1330. The molecule has 1 aliphatic heterocycles. The van der Waals surface area contributed by atoms with Crippen LogP contribution in [-0.2, 0) is 43.2 Å². The van der Waals surface area contributed by atoms with E-state index in [1.165, 1.54) is 6.07 Å². The first-order valence-electron chi connectivity index (χ1n) is 13.8. The number of nitro groups is 1. The number of amides is 2. The van der Waals surface area contributed by atoms with Crippen molar-refractivity contribution in [2.45, 2.75) is 70.6 Å². The Morgan fingerprint density at radius 2 is 1.76 bits per heavy atom. The highest BCUT2D eigenvalue weighted by molar-refractivity contribution is 5.98. The van der Waals surface area contributed by atoms with Crippen LogP contribution < -0.4 is 11.1 Å². The van der Waals surface area contributed by atoms with Crippen molar-refractivity contribution in [2.75, 3.05) is 0 Å². The van der Waals surface area contributed by atoms with Gasteiger partial charge < -0.3 is 20.9 Å². The largest absolute Gasteiger partial charge is 0.502 e. The number of nitrogens with two attached hydrogens (primary N) is 1. The zero-order valence-electron chi connectivity index (χ0n) is 23.1. The molecule has 4 N–H and O–H groups in total. The van der Waals surface area contributed by atoms with E-state index < -0.39 is 58.1 Å². The lowest BCUT2D eigenvalue weighted by Crippen LogP contribution is -2.46. The maximum Gasteiger partial charge on any atom is 0.310 e. The van der Waals surface area contributed by atoms with E-state index in [4.69, 9.17) is 10.5 Å². The van der Waals surface area contributed by atoms with Gasteiger partial charge in [0.05, 0.1) is 11.0 Å². The molecule has 11 nitrogen and oxygen atoms in total. The van der Waals surface area contributed by atoms with Gasteiger partial charge in [0, 0.05) is 24.8 Å². The van der Waals surface area contributed by atoms with Crippen molar-refractivity contribution in [1.29, 1.82) is 0 Å². The second-order valence-corrected chi connectivity index (χ2v) is 11.3. The van der Waals surface area contributed by atoms with Crippen LogP contribution in [0.1, 0.15) is 49.8 Å². The predicted octanol–water partition coefficient (Wildman–Crippen LogP) is 2.58. The van der Waals surface area contributed by atoms with Crippen LogP contribution in [0.4, 0.5) is 5.69 Å². The molecule has 0 bridgehead atoms. The van der Waals surface area contributed by atoms with Gasteiger partial charge in [-0.1, -0.05) is 44.2 Å². The summed E-state index contributed by atoms with van der Waals surface area (Å²) in [6.07, 6.45) is -0.168. The lowest BCUT2D eigenvalue weighted by Gasteiger charge is -2.23. The Kier molecular flexibility index (Phi) is 9.17. The Hall–Kier alpha value is -4.12. The molecule has 4 atom stereocenters. The van der Waals surface area contributed by atoms with Crippen LogP contribution in [-0.4, -0.2) is 51.7 Å². The molecular weight excluding hydrogens is 530 g/mol. The highest BCUT2D eigenvalue weighted by atomic mass is 16.6. The summed E-state index contributed by atoms with van der Waals surface area (Å²) in [5.74, 6) is -3.13. The summed E-state index contributed by atoms with van der Waals surface area (Å²) in [6, 6.07) is 10.3. The molecule has 1 fully saturated rings. The topological polar surface area (TPSA) is 182 Å². The minimum atomic E-state index is -1.17. The van der Waals surface area contributed by atoms with E-state index in [2.05, 4.69) is 5.32 Å². The number of rotatable bonds is 14. The Morgan fingerprint density at radius 3 is 2.34 bits per heavy atom. The van der Waals surface area contributed by atoms with E-state index in [1.54, 1.807) is 0 Å². The molecule has 1 heterocycles. The zero-order valence-corrected chi connectivity index (χ0v) is 23.1. The van der Waals surface area contributed by atoms with Gasteiger partial charge in [0.2, 0.25) is 5.91 Å². The number of carbonyl (C=O) groups is 4. The Balaban J connectivity index is 1.50. The maximum atomic E-state index is 13.6. The number of primary amides is 1. The number of nitrogens with zero attached hydrogens (tertiary/aromatic N) is 1. The van der Waals surface area contributed by atoms with Gasteiger partial charge >= 0.3 is 5.69 Å². The number of phenolic OH excluding ortho intramolecular Hbond substituents is 1. The van der Waals surface area contributed by atoms with E-state index >= 15 is 0 Å². The van der Waals surface area contributed by atoms with Crippen molar-refractivity contribution in [3.63, 3.8) is 0 Å². The Morgan fingerprint density at radius 1 is 1.10 bits per heavy atom. The van der Waals surface area contributed by atoms with Gasteiger partial charge in [-0.15, -0.1) is 0 Å². The molecule has 0 radical (unpaired) electrons. The number of carbonyl (C=O) groups excluding carboxylic acids is 4. The number of hydrogen-bond acceptors (Lipinski definition) is 8. The lowest BCUT2D eigenvalue weighted by molar-refractivity contribution is -0.385. The standard InChI is InChI=1S/C30H35N3O8/c1-16(2)7-9-25(35)27-28(41-27)30(38)32-22(11-17-8-10-24(34)23(12-17)33(39)40)26(36)15-21(29(31)37)20-13-18-5-3-4-6-19(18)14-20/h3-6,8,10,12,16,20-22,27-28,34H,7,9,11,13-15H2,1-2H3,(H2,31,37)(H,32,38)/t21-,22-,27-,28?/m1/s1. The minimum absolute atomic E-state index is 0.138. The van der Waals surface area contributed by atoms with Crippen molar-refractivity contribution >= 4 is 29.1 Å². The van der Waals surface area contributed by atoms with Crippen LogP contribution in [0.2, 0.25) is 0 Å². The SMILES string of the molecule is CC(C)CCC(=O)[C@H]1OC1C(=O)N[C@H](Cc1ccc(O)c([N+](=O)[O-])c1)C(=O)C[C@@H](C(N)=O)C1Cc2ccccc2C1. The van der Waals surface area contributed by atoms with Gasteiger partial charge in [0.25, 0.3) is 5.91 Å². The van der Waals surface area contributed by atoms with Gasteiger partial charge in [0.1, 0.15) is 0 Å². The second kappa shape index (κ2) is 12.6. The number of aromatic hydroxyl groups is 1. The van der Waals surface area contributed by atoms with Crippen molar-refractivity contribution in [3.8, 4) is 5.75 Å². The van der Waals surface area contributed by atoms with Gasteiger partial charge in [0.15, 0.2) is 29.5 Å². The minimum Gasteiger partial charge on any atom is -0.502 e. The average Bonchev–Trinajstić information content (AvgIpc) is 3.62. The number of hydrogen-bond donors (Lipinski definition) is 3. The summed E-state index contributed by atoms with van der Waals surface area (Å²) in [5, 5.41) is 23.8. The molecule has 2 aliphatic rings. The van der Waals surface area contributed by atoms with Gasteiger partial charge in [-0.25, -0.2) is 0 Å². The van der Waals surface area contributed by atoms with E-state index in [0.29, 0.717) is 30.7 Å². The van der Waals surface area contributed by atoms with E-state index in [9.17, 15) is 34.4 Å². The third-order valence-electron chi connectivity index (χ3n) is 7.86. The van der Waals surface area contributed by atoms with E-state index in [-0.39, 0.29) is 31.0 Å².